The van der Waals surface area contributed by atoms with E-state index in [1.165, 1.54) is 6.07 Å². The molecule has 1 atom stereocenters. The Hall–Kier alpha value is -2.07. The van der Waals surface area contributed by atoms with E-state index in [4.69, 9.17) is 9.47 Å². The zero-order valence-electron chi connectivity index (χ0n) is 11.5. The molecule has 0 aromatic heterocycles. The van der Waals surface area contributed by atoms with Gasteiger partial charge in [-0.25, -0.2) is 4.39 Å². The Morgan fingerprint density at radius 2 is 1.80 bits per heavy atom. The molecule has 3 nitrogen and oxygen atoms in total. The third kappa shape index (κ3) is 3.08. The minimum absolute atomic E-state index is 0.0228. The molecule has 1 N–H and O–H groups in total. The number of benzene rings is 2. The van der Waals surface area contributed by atoms with Crippen molar-refractivity contribution < 1.29 is 19.0 Å². The molecule has 0 unspecified atom stereocenters. The van der Waals surface area contributed by atoms with Crippen LogP contribution in [-0.2, 0) is 0 Å². The van der Waals surface area contributed by atoms with Crippen molar-refractivity contribution in [3.63, 3.8) is 0 Å². The monoisotopic (exact) mass is 276 g/mol. The molecule has 0 aliphatic rings. The fraction of sp³-hybridized carbons (Fsp3) is 0.250. The first kappa shape index (κ1) is 14.3. The summed E-state index contributed by atoms with van der Waals surface area (Å²) in [5.74, 6) is 0.459. The van der Waals surface area contributed by atoms with Gasteiger partial charge in [-0.15, -0.1) is 0 Å². The average molecular weight is 276 g/mol. The van der Waals surface area contributed by atoms with Crippen LogP contribution in [-0.4, -0.2) is 11.7 Å². The summed E-state index contributed by atoms with van der Waals surface area (Å²) in [5.41, 5.74) is 0.399. The molecular weight excluding hydrogens is 259 g/mol. The first-order chi connectivity index (χ1) is 9.63. The number of hydrogen-bond donors (Lipinski definition) is 1. The van der Waals surface area contributed by atoms with Crippen LogP contribution in [0.4, 0.5) is 4.39 Å². The van der Waals surface area contributed by atoms with Crippen LogP contribution in [0.1, 0.15) is 25.5 Å². The molecule has 0 amide bonds. The van der Waals surface area contributed by atoms with Crippen LogP contribution in [0.5, 0.6) is 17.2 Å². The van der Waals surface area contributed by atoms with Gasteiger partial charge in [0.2, 0.25) is 0 Å². The van der Waals surface area contributed by atoms with Crippen LogP contribution in [0.3, 0.4) is 0 Å². The van der Waals surface area contributed by atoms with Crippen molar-refractivity contribution in [2.45, 2.75) is 20.0 Å². The highest BCUT2D eigenvalue weighted by atomic mass is 19.1. The average Bonchev–Trinajstić information content (AvgIpc) is 2.43. The molecular formula is C16H17FO3. The first-order valence-electron chi connectivity index (χ1n) is 6.49. The molecule has 20 heavy (non-hydrogen) atoms. The number of aliphatic hydroxyl groups excluding tert-OH is 1. The molecule has 0 fully saturated rings. The third-order valence-electron chi connectivity index (χ3n) is 2.81. The number of ether oxygens (including phenoxy) is 2. The first-order valence-corrected chi connectivity index (χ1v) is 6.49. The van der Waals surface area contributed by atoms with E-state index >= 15 is 0 Å². The van der Waals surface area contributed by atoms with Crippen LogP contribution >= 0.6 is 0 Å². The van der Waals surface area contributed by atoms with Gasteiger partial charge in [0.25, 0.3) is 0 Å². The summed E-state index contributed by atoms with van der Waals surface area (Å²) in [6.07, 6.45) is -0.819. The number of hydrogen-bond acceptors (Lipinski definition) is 3. The van der Waals surface area contributed by atoms with Gasteiger partial charge >= 0.3 is 0 Å². The lowest BCUT2D eigenvalue weighted by Crippen LogP contribution is -2.00. The van der Waals surface area contributed by atoms with E-state index in [0.29, 0.717) is 23.7 Å². The summed E-state index contributed by atoms with van der Waals surface area (Å²) in [6.45, 7) is 3.91. The molecule has 0 spiro atoms. The molecule has 0 radical (unpaired) electrons. The largest absolute Gasteiger partial charge is 0.490 e. The van der Waals surface area contributed by atoms with E-state index in [2.05, 4.69) is 0 Å². The lowest BCUT2D eigenvalue weighted by molar-refractivity contribution is 0.194. The zero-order valence-corrected chi connectivity index (χ0v) is 11.5. The van der Waals surface area contributed by atoms with Crippen LogP contribution in [0.2, 0.25) is 0 Å². The number of rotatable bonds is 5. The Morgan fingerprint density at radius 3 is 2.45 bits per heavy atom. The van der Waals surface area contributed by atoms with Gasteiger partial charge < -0.3 is 14.6 Å². The second-order valence-corrected chi connectivity index (χ2v) is 4.32. The smallest absolute Gasteiger partial charge is 0.169 e. The summed E-state index contributed by atoms with van der Waals surface area (Å²) in [5, 5.41) is 9.70. The van der Waals surface area contributed by atoms with Gasteiger partial charge in [-0.3, -0.25) is 0 Å². The van der Waals surface area contributed by atoms with E-state index in [1.54, 1.807) is 37.3 Å². The van der Waals surface area contributed by atoms with Crippen LogP contribution in [0, 0.1) is 5.82 Å². The fourth-order valence-corrected chi connectivity index (χ4v) is 1.88. The van der Waals surface area contributed by atoms with Gasteiger partial charge in [0, 0.05) is 5.56 Å². The SMILES string of the molecule is CCOc1ccccc1Oc1c(F)cccc1[C@H](C)O. The van der Waals surface area contributed by atoms with Gasteiger partial charge in [0.1, 0.15) is 0 Å². The molecule has 0 aliphatic carbocycles. The summed E-state index contributed by atoms with van der Waals surface area (Å²) in [4.78, 5) is 0. The highest BCUT2D eigenvalue weighted by Gasteiger charge is 2.16. The molecule has 0 bridgehead atoms. The number of para-hydroxylation sites is 3. The van der Waals surface area contributed by atoms with E-state index in [9.17, 15) is 9.50 Å². The van der Waals surface area contributed by atoms with Gasteiger partial charge in [-0.2, -0.15) is 0 Å². The Kier molecular flexibility index (Phi) is 4.58. The molecule has 106 valence electrons. The second-order valence-electron chi connectivity index (χ2n) is 4.32. The van der Waals surface area contributed by atoms with Gasteiger partial charge in [0.05, 0.1) is 12.7 Å². The Bertz CT molecular complexity index is 582. The maximum atomic E-state index is 13.9. The fourth-order valence-electron chi connectivity index (χ4n) is 1.88. The number of halogens is 1. The van der Waals surface area contributed by atoms with Crippen LogP contribution < -0.4 is 9.47 Å². The normalized spacial score (nSPS) is 12.0. The summed E-state index contributed by atoms with van der Waals surface area (Å²) in [7, 11) is 0. The van der Waals surface area contributed by atoms with Crippen molar-refractivity contribution in [3.05, 3.63) is 53.8 Å². The molecule has 0 saturated heterocycles. The van der Waals surface area contributed by atoms with Gasteiger partial charge in [-0.05, 0) is 32.0 Å². The van der Waals surface area contributed by atoms with Gasteiger partial charge in [-0.1, -0.05) is 24.3 Å². The second kappa shape index (κ2) is 6.39. The Labute approximate surface area is 117 Å². The highest BCUT2D eigenvalue weighted by Crippen LogP contribution is 2.36. The van der Waals surface area contributed by atoms with Crippen molar-refractivity contribution in [2.75, 3.05) is 6.61 Å². The predicted octanol–water partition coefficient (Wildman–Crippen LogP) is 4.07. The highest BCUT2D eigenvalue weighted by molar-refractivity contribution is 5.45. The lowest BCUT2D eigenvalue weighted by Gasteiger charge is -2.16. The maximum absolute atomic E-state index is 13.9. The standard InChI is InChI=1S/C16H17FO3/c1-3-19-14-9-4-5-10-15(14)20-16-12(11(2)18)7-6-8-13(16)17/h4-11,18H,3H2,1-2H3/t11-/m0/s1. The van der Waals surface area contributed by atoms with E-state index in [1.807, 2.05) is 13.0 Å². The molecule has 2 rings (SSSR count). The molecule has 4 heteroatoms. The molecule has 2 aromatic rings. The molecule has 2 aromatic carbocycles. The Balaban J connectivity index is 2.40. The van der Waals surface area contributed by atoms with Crippen molar-refractivity contribution in [1.82, 2.24) is 0 Å². The van der Waals surface area contributed by atoms with Crippen molar-refractivity contribution in [3.8, 4) is 17.2 Å². The van der Waals surface area contributed by atoms with E-state index < -0.39 is 11.9 Å². The third-order valence-corrected chi connectivity index (χ3v) is 2.81. The summed E-state index contributed by atoms with van der Waals surface area (Å²) < 4.78 is 25.0. The summed E-state index contributed by atoms with van der Waals surface area (Å²) >= 11 is 0. The topological polar surface area (TPSA) is 38.7 Å². The predicted molar refractivity (Wildman–Crippen MR) is 74.7 cm³/mol. The van der Waals surface area contributed by atoms with E-state index in [0.717, 1.165) is 0 Å². The summed E-state index contributed by atoms with van der Waals surface area (Å²) in [6, 6.07) is 11.5. The number of aliphatic hydroxyl groups is 1. The van der Waals surface area contributed by atoms with Crippen LogP contribution in [0.15, 0.2) is 42.5 Å². The zero-order chi connectivity index (χ0) is 14.5. The van der Waals surface area contributed by atoms with Crippen molar-refractivity contribution in [2.24, 2.45) is 0 Å². The van der Waals surface area contributed by atoms with E-state index in [-0.39, 0.29) is 5.75 Å². The Morgan fingerprint density at radius 1 is 1.10 bits per heavy atom. The van der Waals surface area contributed by atoms with Crippen molar-refractivity contribution >= 4 is 0 Å². The molecule has 0 saturated carbocycles. The van der Waals surface area contributed by atoms with Crippen molar-refractivity contribution in [1.29, 1.82) is 0 Å². The minimum atomic E-state index is -0.819. The lowest BCUT2D eigenvalue weighted by atomic mass is 10.1. The van der Waals surface area contributed by atoms with Gasteiger partial charge in [0.15, 0.2) is 23.1 Å². The van der Waals surface area contributed by atoms with Crippen LogP contribution in [0.25, 0.3) is 0 Å². The molecule has 0 aliphatic heterocycles. The minimum Gasteiger partial charge on any atom is -0.490 e. The quantitative estimate of drug-likeness (QED) is 0.894. The molecule has 0 heterocycles. The maximum Gasteiger partial charge on any atom is 0.169 e.